The van der Waals surface area contributed by atoms with Crippen molar-refractivity contribution in [3.63, 3.8) is 0 Å². The number of nitrogens with zero attached hydrogens (tertiary/aromatic N) is 5. The molecule has 0 unspecified atom stereocenters. The standard InChI is InChI=1S/C51H29N5O/c1-3-14-30(15-4-1)49-52-50(40-29-26-37-33-19-8-7-18-32(33)36-22-13-25-43-44(36)45(37)48(40)57-43)54-51(53-49)56-42-24-12-10-21-35(42)39-28-27-38-34-20-9-11-23-41(34)55(46(38)47(39)56)31-16-5-2-6-17-31/h1-29H. The first-order valence-corrected chi connectivity index (χ1v) is 19.2. The molecule has 0 N–H and O–H groups in total. The number of hydrogen-bond acceptors (Lipinski definition) is 4. The summed E-state index contributed by atoms with van der Waals surface area (Å²) in [5.74, 6) is 1.67. The normalized spacial score (nSPS) is 12.2. The molecule has 0 saturated heterocycles. The van der Waals surface area contributed by atoms with Crippen LogP contribution in [0.4, 0.5) is 0 Å². The van der Waals surface area contributed by atoms with Crippen molar-refractivity contribution >= 4 is 87.1 Å². The summed E-state index contributed by atoms with van der Waals surface area (Å²) >= 11 is 0. The van der Waals surface area contributed by atoms with Crippen molar-refractivity contribution in [1.82, 2.24) is 24.1 Å². The van der Waals surface area contributed by atoms with Gasteiger partial charge >= 0.3 is 0 Å². The molecule has 13 aromatic rings. The van der Waals surface area contributed by atoms with E-state index in [2.05, 4.69) is 167 Å². The first-order chi connectivity index (χ1) is 28.3. The van der Waals surface area contributed by atoms with Crippen LogP contribution in [0.5, 0.6) is 0 Å². The van der Waals surface area contributed by atoms with Crippen molar-refractivity contribution in [1.29, 1.82) is 0 Å². The average molecular weight is 728 g/mol. The molecule has 6 heteroatoms. The molecule has 13 rings (SSSR count). The Hall–Kier alpha value is -7.83. The van der Waals surface area contributed by atoms with Gasteiger partial charge in [-0.25, -0.2) is 4.98 Å². The van der Waals surface area contributed by atoms with Crippen LogP contribution in [0.3, 0.4) is 0 Å². The minimum absolute atomic E-state index is 0.536. The maximum atomic E-state index is 6.83. The van der Waals surface area contributed by atoms with Crippen molar-refractivity contribution in [3.8, 4) is 34.4 Å². The summed E-state index contributed by atoms with van der Waals surface area (Å²) in [4.78, 5) is 16.0. The van der Waals surface area contributed by atoms with E-state index in [9.17, 15) is 0 Å². The van der Waals surface area contributed by atoms with Crippen molar-refractivity contribution in [2.24, 2.45) is 0 Å². The summed E-state index contributed by atoms with van der Waals surface area (Å²) in [7, 11) is 0. The van der Waals surface area contributed by atoms with Gasteiger partial charge in [-0.2, -0.15) is 9.97 Å². The fourth-order valence-corrected chi connectivity index (χ4v) is 9.35. The van der Waals surface area contributed by atoms with E-state index in [-0.39, 0.29) is 0 Å². The minimum atomic E-state index is 0.536. The van der Waals surface area contributed by atoms with E-state index in [0.29, 0.717) is 17.6 Å². The van der Waals surface area contributed by atoms with Crippen LogP contribution in [0, 0.1) is 0 Å². The molecular formula is C51H29N5O. The molecule has 0 bridgehead atoms. The summed E-state index contributed by atoms with van der Waals surface area (Å²) in [5, 5.41) is 11.5. The van der Waals surface area contributed by atoms with Crippen LogP contribution >= 0.6 is 0 Å². The highest BCUT2D eigenvalue weighted by molar-refractivity contribution is 6.34. The van der Waals surface area contributed by atoms with Crippen LogP contribution in [0.15, 0.2) is 180 Å². The van der Waals surface area contributed by atoms with Crippen LogP contribution in [0.1, 0.15) is 0 Å². The maximum absolute atomic E-state index is 6.83. The van der Waals surface area contributed by atoms with E-state index in [1.54, 1.807) is 0 Å². The summed E-state index contributed by atoms with van der Waals surface area (Å²) in [5.41, 5.74) is 8.71. The van der Waals surface area contributed by atoms with E-state index < -0.39 is 0 Å². The molecule has 0 aliphatic rings. The lowest BCUT2D eigenvalue weighted by molar-refractivity contribution is 0.670. The molecule has 0 fully saturated rings. The molecule has 0 amide bonds. The number of furan rings is 1. The SMILES string of the molecule is c1ccc(-c2nc(-c3ccc4c5ccccc5c5cccc6oc3c4c65)nc(-n3c4ccccc4c4ccc5c6ccccc6n(-c6ccccc6)c5c43)n2)cc1. The van der Waals surface area contributed by atoms with E-state index in [0.717, 1.165) is 82.4 Å². The molecule has 0 aliphatic carbocycles. The van der Waals surface area contributed by atoms with Gasteiger partial charge in [0.2, 0.25) is 5.95 Å². The third-order valence-electron chi connectivity index (χ3n) is 11.7. The maximum Gasteiger partial charge on any atom is 0.238 e. The van der Waals surface area contributed by atoms with Gasteiger partial charge in [0.05, 0.1) is 27.6 Å². The number of benzene rings is 9. The minimum Gasteiger partial charge on any atom is -0.455 e. The van der Waals surface area contributed by atoms with Crippen molar-refractivity contribution < 1.29 is 4.42 Å². The second-order valence-corrected chi connectivity index (χ2v) is 14.7. The fourth-order valence-electron chi connectivity index (χ4n) is 9.35. The van der Waals surface area contributed by atoms with Crippen molar-refractivity contribution in [3.05, 3.63) is 176 Å². The Balaban J connectivity index is 1.18. The van der Waals surface area contributed by atoms with Gasteiger partial charge in [0, 0.05) is 43.6 Å². The number of aromatic nitrogens is 5. The highest BCUT2D eigenvalue weighted by Gasteiger charge is 2.25. The molecule has 0 radical (unpaired) electrons. The summed E-state index contributed by atoms with van der Waals surface area (Å²) in [6, 6.07) is 61.8. The summed E-state index contributed by atoms with van der Waals surface area (Å²) in [6.07, 6.45) is 0. The van der Waals surface area contributed by atoms with Gasteiger partial charge in [0.25, 0.3) is 0 Å². The summed E-state index contributed by atoms with van der Waals surface area (Å²) < 4.78 is 11.5. The van der Waals surface area contributed by atoms with E-state index in [1.165, 1.54) is 21.5 Å². The molecule has 0 aliphatic heterocycles. The molecule has 4 heterocycles. The fraction of sp³-hybridized carbons (Fsp3) is 0. The predicted molar refractivity (Wildman–Crippen MR) is 233 cm³/mol. The lowest BCUT2D eigenvalue weighted by Crippen LogP contribution is -2.07. The van der Waals surface area contributed by atoms with Crippen LogP contribution in [0.2, 0.25) is 0 Å². The van der Waals surface area contributed by atoms with Gasteiger partial charge in [-0.05, 0) is 57.9 Å². The summed E-state index contributed by atoms with van der Waals surface area (Å²) in [6.45, 7) is 0. The van der Waals surface area contributed by atoms with Crippen molar-refractivity contribution in [2.75, 3.05) is 0 Å². The lowest BCUT2D eigenvalue weighted by Gasteiger charge is -2.13. The zero-order chi connectivity index (χ0) is 37.2. The van der Waals surface area contributed by atoms with Crippen LogP contribution in [0.25, 0.3) is 122 Å². The Morgan fingerprint density at radius 3 is 1.63 bits per heavy atom. The number of rotatable bonds is 4. The zero-order valence-corrected chi connectivity index (χ0v) is 30.4. The first kappa shape index (κ1) is 30.5. The van der Waals surface area contributed by atoms with Gasteiger partial charge in [0.15, 0.2) is 11.6 Å². The van der Waals surface area contributed by atoms with Gasteiger partial charge in [-0.3, -0.25) is 4.57 Å². The van der Waals surface area contributed by atoms with Gasteiger partial charge in [-0.1, -0.05) is 140 Å². The lowest BCUT2D eigenvalue weighted by atomic mass is 9.93. The third kappa shape index (κ3) is 4.16. The van der Waals surface area contributed by atoms with Gasteiger partial charge < -0.3 is 8.98 Å². The second-order valence-electron chi connectivity index (χ2n) is 14.7. The third-order valence-corrected chi connectivity index (χ3v) is 11.7. The number of hydrogen-bond donors (Lipinski definition) is 0. The predicted octanol–water partition coefficient (Wildman–Crippen LogP) is 13.0. The quantitative estimate of drug-likeness (QED) is 0.169. The Bertz CT molecular complexity index is 3750. The molecule has 6 nitrogen and oxygen atoms in total. The van der Waals surface area contributed by atoms with Crippen LogP contribution in [-0.2, 0) is 0 Å². The molecule has 9 aromatic carbocycles. The monoisotopic (exact) mass is 727 g/mol. The number of fused-ring (bicyclic) bond motifs is 10. The highest BCUT2D eigenvalue weighted by atomic mass is 16.3. The molecule has 57 heavy (non-hydrogen) atoms. The topological polar surface area (TPSA) is 61.7 Å². The average Bonchev–Trinajstić information content (AvgIpc) is 3.95. The van der Waals surface area contributed by atoms with Gasteiger partial charge in [-0.15, -0.1) is 0 Å². The smallest absolute Gasteiger partial charge is 0.238 e. The van der Waals surface area contributed by atoms with Crippen LogP contribution < -0.4 is 0 Å². The Morgan fingerprint density at radius 2 is 0.912 bits per heavy atom. The van der Waals surface area contributed by atoms with Crippen LogP contribution in [-0.4, -0.2) is 24.1 Å². The molecular weight excluding hydrogens is 699 g/mol. The Morgan fingerprint density at radius 1 is 0.368 bits per heavy atom. The molecule has 0 spiro atoms. The molecule has 0 atom stereocenters. The Kier molecular flexibility index (Phi) is 6.07. The second kappa shape index (κ2) is 11.4. The molecule has 264 valence electrons. The zero-order valence-electron chi connectivity index (χ0n) is 30.4. The van der Waals surface area contributed by atoms with Crippen molar-refractivity contribution in [2.45, 2.75) is 0 Å². The van der Waals surface area contributed by atoms with E-state index >= 15 is 0 Å². The Labute approximate surface area is 324 Å². The largest absolute Gasteiger partial charge is 0.455 e. The van der Waals surface area contributed by atoms with E-state index in [1.807, 2.05) is 18.2 Å². The first-order valence-electron chi connectivity index (χ1n) is 19.2. The molecule has 0 saturated carbocycles. The van der Waals surface area contributed by atoms with Gasteiger partial charge in [0.1, 0.15) is 11.2 Å². The molecule has 4 aromatic heterocycles. The highest BCUT2D eigenvalue weighted by Crippen LogP contribution is 2.46. The number of para-hydroxylation sites is 3. The van der Waals surface area contributed by atoms with E-state index in [4.69, 9.17) is 19.4 Å².